The van der Waals surface area contributed by atoms with Crippen LogP contribution in [-0.4, -0.2) is 13.1 Å². The largest absolute Gasteiger partial charge is 0.317 e. The van der Waals surface area contributed by atoms with Gasteiger partial charge in [-0.1, -0.05) is 39.0 Å². The standard InChI is InChI=1S/C14H22FN/c1-4-16-10-12(3)11(2)9-13-7-5-6-8-14(13)15/h5-8,11-12,16H,4,9-10H2,1-3H3. The normalized spacial score (nSPS) is 14.8. The summed E-state index contributed by atoms with van der Waals surface area (Å²) in [6.45, 7) is 8.51. The van der Waals surface area contributed by atoms with Gasteiger partial charge in [0.1, 0.15) is 5.82 Å². The molecule has 0 aliphatic heterocycles. The molecule has 0 bridgehead atoms. The third-order valence-corrected chi connectivity index (χ3v) is 3.19. The maximum absolute atomic E-state index is 13.4. The number of rotatable bonds is 6. The predicted octanol–water partition coefficient (Wildman–Crippen LogP) is 3.25. The van der Waals surface area contributed by atoms with Gasteiger partial charge in [0.2, 0.25) is 0 Å². The summed E-state index contributed by atoms with van der Waals surface area (Å²) in [5.41, 5.74) is 0.832. The van der Waals surface area contributed by atoms with Crippen molar-refractivity contribution in [3.63, 3.8) is 0 Å². The van der Waals surface area contributed by atoms with Gasteiger partial charge in [0.15, 0.2) is 0 Å². The van der Waals surface area contributed by atoms with Crippen LogP contribution in [-0.2, 0) is 6.42 Å². The summed E-state index contributed by atoms with van der Waals surface area (Å²) in [4.78, 5) is 0. The fraction of sp³-hybridized carbons (Fsp3) is 0.571. The van der Waals surface area contributed by atoms with Crippen molar-refractivity contribution in [3.05, 3.63) is 35.6 Å². The lowest BCUT2D eigenvalue weighted by Crippen LogP contribution is -2.26. The first-order chi connectivity index (χ1) is 7.65. The summed E-state index contributed by atoms with van der Waals surface area (Å²) in [6.07, 6.45) is 0.819. The molecule has 1 rings (SSSR count). The molecule has 0 fully saturated rings. The van der Waals surface area contributed by atoms with Crippen LogP contribution in [0.1, 0.15) is 26.3 Å². The molecule has 0 radical (unpaired) electrons. The summed E-state index contributed by atoms with van der Waals surface area (Å²) in [6, 6.07) is 7.06. The molecule has 0 aliphatic rings. The van der Waals surface area contributed by atoms with Crippen molar-refractivity contribution in [2.24, 2.45) is 11.8 Å². The van der Waals surface area contributed by atoms with E-state index in [4.69, 9.17) is 0 Å². The van der Waals surface area contributed by atoms with Crippen molar-refractivity contribution in [1.29, 1.82) is 0 Å². The highest BCUT2D eigenvalue weighted by Gasteiger charge is 2.13. The number of nitrogens with one attached hydrogen (secondary N) is 1. The summed E-state index contributed by atoms with van der Waals surface area (Å²) < 4.78 is 13.4. The molecule has 0 amide bonds. The molecule has 0 saturated carbocycles. The fourth-order valence-electron chi connectivity index (χ4n) is 1.79. The van der Waals surface area contributed by atoms with Crippen LogP contribution in [0.5, 0.6) is 0 Å². The molecule has 0 heterocycles. The zero-order chi connectivity index (χ0) is 12.0. The van der Waals surface area contributed by atoms with Gasteiger partial charge in [0.25, 0.3) is 0 Å². The minimum Gasteiger partial charge on any atom is -0.317 e. The number of benzene rings is 1. The van der Waals surface area contributed by atoms with Crippen LogP contribution in [0.2, 0.25) is 0 Å². The van der Waals surface area contributed by atoms with E-state index in [-0.39, 0.29) is 5.82 Å². The predicted molar refractivity (Wildman–Crippen MR) is 67.0 cm³/mol. The zero-order valence-corrected chi connectivity index (χ0v) is 10.5. The molecule has 0 aromatic heterocycles. The van der Waals surface area contributed by atoms with E-state index < -0.39 is 0 Å². The molecule has 2 unspecified atom stereocenters. The smallest absolute Gasteiger partial charge is 0.126 e. The summed E-state index contributed by atoms with van der Waals surface area (Å²) >= 11 is 0. The Labute approximate surface area is 98.1 Å². The van der Waals surface area contributed by atoms with Gasteiger partial charge in [-0.15, -0.1) is 0 Å². The second-order valence-electron chi connectivity index (χ2n) is 4.56. The van der Waals surface area contributed by atoms with Crippen molar-refractivity contribution in [1.82, 2.24) is 5.32 Å². The molecule has 1 N–H and O–H groups in total. The van der Waals surface area contributed by atoms with E-state index in [2.05, 4.69) is 26.1 Å². The monoisotopic (exact) mass is 223 g/mol. The minimum absolute atomic E-state index is 0.0787. The van der Waals surface area contributed by atoms with Gasteiger partial charge in [-0.25, -0.2) is 4.39 Å². The lowest BCUT2D eigenvalue weighted by Gasteiger charge is -2.20. The second kappa shape index (κ2) is 6.64. The highest BCUT2D eigenvalue weighted by Crippen LogP contribution is 2.18. The maximum Gasteiger partial charge on any atom is 0.126 e. The van der Waals surface area contributed by atoms with Crippen LogP contribution >= 0.6 is 0 Å². The molecule has 2 heteroatoms. The molecule has 90 valence electrons. The van der Waals surface area contributed by atoms with Gasteiger partial charge in [0.05, 0.1) is 0 Å². The fourth-order valence-corrected chi connectivity index (χ4v) is 1.79. The van der Waals surface area contributed by atoms with Crippen LogP contribution in [0.4, 0.5) is 4.39 Å². The molecule has 1 aromatic rings. The van der Waals surface area contributed by atoms with Gasteiger partial charge < -0.3 is 5.32 Å². The Morgan fingerprint density at radius 2 is 1.88 bits per heavy atom. The number of halogens is 1. The van der Waals surface area contributed by atoms with Crippen molar-refractivity contribution < 1.29 is 4.39 Å². The lowest BCUT2D eigenvalue weighted by atomic mass is 9.89. The first kappa shape index (κ1) is 13.2. The Hall–Kier alpha value is -0.890. The number of hydrogen-bond acceptors (Lipinski definition) is 1. The highest BCUT2D eigenvalue weighted by molar-refractivity contribution is 5.17. The van der Waals surface area contributed by atoms with E-state index in [1.165, 1.54) is 6.07 Å². The summed E-state index contributed by atoms with van der Waals surface area (Å²) in [7, 11) is 0. The van der Waals surface area contributed by atoms with Crippen LogP contribution in [0.15, 0.2) is 24.3 Å². The van der Waals surface area contributed by atoms with Gasteiger partial charge in [-0.3, -0.25) is 0 Å². The molecule has 2 atom stereocenters. The topological polar surface area (TPSA) is 12.0 Å². The Kier molecular flexibility index (Phi) is 5.47. The molecular formula is C14H22FN. The molecule has 16 heavy (non-hydrogen) atoms. The van der Waals surface area contributed by atoms with E-state index >= 15 is 0 Å². The third kappa shape index (κ3) is 3.93. The lowest BCUT2D eigenvalue weighted by molar-refractivity contribution is 0.364. The Morgan fingerprint density at radius 3 is 2.50 bits per heavy atom. The third-order valence-electron chi connectivity index (χ3n) is 3.19. The van der Waals surface area contributed by atoms with Crippen LogP contribution in [0.25, 0.3) is 0 Å². The number of hydrogen-bond donors (Lipinski definition) is 1. The molecule has 1 aromatic carbocycles. The van der Waals surface area contributed by atoms with Crippen molar-refractivity contribution in [2.45, 2.75) is 27.2 Å². The van der Waals surface area contributed by atoms with Crippen LogP contribution < -0.4 is 5.32 Å². The van der Waals surface area contributed by atoms with Crippen molar-refractivity contribution in [2.75, 3.05) is 13.1 Å². The van der Waals surface area contributed by atoms with E-state index in [0.29, 0.717) is 11.8 Å². The zero-order valence-electron chi connectivity index (χ0n) is 10.5. The highest BCUT2D eigenvalue weighted by atomic mass is 19.1. The first-order valence-electron chi connectivity index (χ1n) is 6.09. The average Bonchev–Trinajstić information content (AvgIpc) is 2.28. The Balaban J connectivity index is 2.50. The van der Waals surface area contributed by atoms with E-state index in [0.717, 1.165) is 25.1 Å². The van der Waals surface area contributed by atoms with E-state index in [1.807, 2.05) is 12.1 Å². The molecule has 1 nitrogen and oxygen atoms in total. The van der Waals surface area contributed by atoms with Gasteiger partial charge in [-0.05, 0) is 43.0 Å². The first-order valence-corrected chi connectivity index (χ1v) is 6.09. The van der Waals surface area contributed by atoms with Gasteiger partial charge >= 0.3 is 0 Å². The van der Waals surface area contributed by atoms with Crippen molar-refractivity contribution >= 4 is 0 Å². The molecule has 0 spiro atoms. The van der Waals surface area contributed by atoms with E-state index in [9.17, 15) is 4.39 Å². The minimum atomic E-state index is -0.0787. The SMILES string of the molecule is CCNCC(C)C(C)Cc1ccccc1F. The van der Waals surface area contributed by atoms with E-state index in [1.54, 1.807) is 6.07 Å². The molecule has 0 aliphatic carbocycles. The molecular weight excluding hydrogens is 201 g/mol. The Morgan fingerprint density at radius 1 is 1.19 bits per heavy atom. The summed E-state index contributed by atoms with van der Waals surface area (Å²) in [5.74, 6) is 0.987. The van der Waals surface area contributed by atoms with Crippen molar-refractivity contribution in [3.8, 4) is 0 Å². The average molecular weight is 223 g/mol. The Bertz CT molecular complexity index is 311. The second-order valence-corrected chi connectivity index (χ2v) is 4.56. The van der Waals surface area contributed by atoms with Crippen LogP contribution in [0, 0.1) is 17.7 Å². The maximum atomic E-state index is 13.4. The quantitative estimate of drug-likeness (QED) is 0.780. The van der Waals surface area contributed by atoms with Gasteiger partial charge in [-0.2, -0.15) is 0 Å². The van der Waals surface area contributed by atoms with Crippen LogP contribution in [0.3, 0.4) is 0 Å². The van der Waals surface area contributed by atoms with Gasteiger partial charge in [0, 0.05) is 0 Å². The summed E-state index contributed by atoms with van der Waals surface area (Å²) in [5, 5.41) is 3.34. The molecule has 0 saturated heterocycles.